The lowest BCUT2D eigenvalue weighted by atomic mass is 10.0. The zero-order valence-corrected chi connectivity index (χ0v) is 14.3. The number of hydrogen-bond acceptors (Lipinski definition) is 4. The van der Waals surface area contributed by atoms with Crippen LogP contribution in [0.3, 0.4) is 0 Å². The van der Waals surface area contributed by atoms with Crippen LogP contribution >= 0.6 is 0 Å². The Kier molecular flexibility index (Phi) is 4.98. The van der Waals surface area contributed by atoms with Gasteiger partial charge in [0.1, 0.15) is 5.69 Å². The van der Waals surface area contributed by atoms with Gasteiger partial charge in [0.05, 0.1) is 0 Å². The number of amides is 1. The lowest BCUT2D eigenvalue weighted by Crippen LogP contribution is -2.28. The number of anilines is 2. The van der Waals surface area contributed by atoms with Crippen molar-refractivity contribution in [1.29, 1.82) is 0 Å². The molecule has 1 heterocycles. The van der Waals surface area contributed by atoms with Crippen LogP contribution in [0.4, 0.5) is 11.6 Å². The number of carbonyl (C=O) groups is 1. The molecule has 1 aromatic carbocycles. The maximum Gasteiger partial charge on any atom is 0.274 e. The first kappa shape index (κ1) is 16.9. The largest absolute Gasteiger partial charge is 0.350 e. The molecule has 2 N–H and O–H groups in total. The topological polar surface area (TPSA) is 66.9 Å². The van der Waals surface area contributed by atoms with Gasteiger partial charge in [0.15, 0.2) is 0 Å². The van der Waals surface area contributed by atoms with Gasteiger partial charge >= 0.3 is 0 Å². The van der Waals surface area contributed by atoms with E-state index in [2.05, 4.69) is 34.4 Å². The Bertz CT molecular complexity index is 689. The first-order chi connectivity index (χ1) is 10.8. The summed E-state index contributed by atoms with van der Waals surface area (Å²) in [5, 5.41) is 6.11. The first-order valence-electron chi connectivity index (χ1n) is 7.78. The molecule has 0 aliphatic heterocycles. The van der Waals surface area contributed by atoms with Gasteiger partial charge in [-0.1, -0.05) is 32.0 Å². The van der Waals surface area contributed by atoms with Gasteiger partial charge in [-0.15, -0.1) is 0 Å². The number of nitrogens with zero attached hydrogens (tertiary/aromatic N) is 2. The molecule has 1 aromatic heterocycles. The van der Waals surface area contributed by atoms with Crippen molar-refractivity contribution in [2.75, 3.05) is 10.6 Å². The van der Waals surface area contributed by atoms with Crippen LogP contribution in [0.15, 0.2) is 36.5 Å². The molecule has 0 radical (unpaired) electrons. The Balaban J connectivity index is 2.20. The SMILES string of the molecule is CC(C)c1ccccc1NC(=O)c1ccnc(NC(C)(C)C)n1. The lowest BCUT2D eigenvalue weighted by Gasteiger charge is -2.20. The molecule has 0 unspecified atom stereocenters. The molecule has 0 aliphatic carbocycles. The van der Waals surface area contributed by atoms with Gasteiger partial charge < -0.3 is 10.6 Å². The molecule has 1 amide bonds. The van der Waals surface area contributed by atoms with Gasteiger partial charge in [-0.25, -0.2) is 9.97 Å². The van der Waals surface area contributed by atoms with E-state index in [0.717, 1.165) is 11.3 Å². The van der Waals surface area contributed by atoms with Gasteiger partial charge in [-0.3, -0.25) is 4.79 Å². The molecular formula is C18H24N4O. The van der Waals surface area contributed by atoms with E-state index in [1.54, 1.807) is 12.3 Å². The van der Waals surface area contributed by atoms with E-state index < -0.39 is 0 Å². The molecular weight excluding hydrogens is 288 g/mol. The van der Waals surface area contributed by atoms with Crippen molar-refractivity contribution in [2.45, 2.75) is 46.1 Å². The summed E-state index contributed by atoms with van der Waals surface area (Å²) in [5.41, 5.74) is 2.09. The van der Waals surface area contributed by atoms with Crippen molar-refractivity contribution in [2.24, 2.45) is 0 Å². The Labute approximate surface area is 137 Å². The van der Waals surface area contributed by atoms with Gasteiger partial charge in [0.25, 0.3) is 5.91 Å². The van der Waals surface area contributed by atoms with Gasteiger partial charge in [0, 0.05) is 17.4 Å². The van der Waals surface area contributed by atoms with E-state index in [0.29, 0.717) is 17.6 Å². The van der Waals surface area contributed by atoms with Crippen molar-refractivity contribution in [3.8, 4) is 0 Å². The molecule has 0 spiro atoms. The lowest BCUT2D eigenvalue weighted by molar-refractivity contribution is 0.102. The van der Waals surface area contributed by atoms with Crippen molar-refractivity contribution >= 4 is 17.5 Å². The fourth-order valence-electron chi connectivity index (χ4n) is 2.18. The van der Waals surface area contributed by atoms with E-state index in [1.807, 2.05) is 45.0 Å². The molecule has 2 rings (SSSR count). The fourth-order valence-corrected chi connectivity index (χ4v) is 2.18. The number of benzene rings is 1. The van der Waals surface area contributed by atoms with Crippen LogP contribution in [0.25, 0.3) is 0 Å². The summed E-state index contributed by atoms with van der Waals surface area (Å²) in [6.07, 6.45) is 1.59. The number of hydrogen-bond donors (Lipinski definition) is 2. The Morgan fingerprint density at radius 3 is 2.48 bits per heavy atom. The van der Waals surface area contributed by atoms with E-state index >= 15 is 0 Å². The summed E-state index contributed by atoms with van der Waals surface area (Å²) < 4.78 is 0. The minimum absolute atomic E-state index is 0.167. The summed E-state index contributed by atoms with van der Waals surface area (Å²) in [6.45, 7) is 10.2. The van der Waals surface area contributed by atoms with Crippen LogP contribution in [-0.2, 0) is 0 Å². The fraction of sp³-hybridized carbons (Fsp3) is 0.389. The van der Waals surface area contributed by atoms with Crippen LogP contribution < -0.4 is 10.6 Å². The summed E-state index contributed by atoms with van der Waals surface area (Å²) in [7, 11) is 0. The highest BCUT2D eigenvalue weighted by molar-refractivity contribution is 6.03. The first-order valence-corrected chi connectivity index (χ1v) is 7.78. The molecule has 2 aromatic rings. The highest BCUT2D eigenvalue weighted by Gasteiger charge is 2.15. The molecule has 5 nitrogen and oxygen atoms in total. The predicted octanol–water partition coefficient (Wildman–Crippen LogP) is 4.06. The number of nitrogens with one attached hydrogen (secondary N) is 2. The smallest absolute Gasteiger partial charge is 0.274 e. The average Bonchev–Trinajstić information content (AvgIpc) is 2.46. The van der Waals surface area contributed by atoms with Crippen LogP contribution in [0, 0.1) is 0 Å². The van der Waals surface area contributed by atoms with Crippen LogP contribution in [0.2, 0.25) is 0 Å². The number of para-hydroxylation sites is 1. The Morgan fingerprint density at radius 1 is 1.13 bits per heavy atom. The quantitative estimate of drug-likeness (QED) is 0.893. The van der Waals surface area contributed by atoms with Crippen molar-refractivity contribution < 1.29 is 4.79 Å². The zero-order valence-electron chi connectivity index (χ0n) is 14.3. The summed E-state index contributed by atoms with van der Waals surface area (Å²) in [5.74, 6) is 0.537. The minimum atomic E-state index is -0.238. The maximum absolute atomic E-state index is 12.5. The van der Waals surface area contributed by atoms with E-state index in [4.69, 9.17) is 0 Å². The predicted molar refractivity (Wildman–Crippen MR) is 93.9 cm³/mol. The number of rotatable bonds is 4. The molecule has 23 heavy (non-hydrogen) atoms. The molecule has 0 saturated carbocycles. The van der Waals surface area contributed by atoms with E-state index in [9.17, 15) is 4.79 Å². The second kappa shape index (κ2) is 6.77. The highest BCUT2D eigenvalue weighted by atomic mass is 16.1. The van der Waals surface area contributed by atoms with E-state index in [1.165, 1.54) is 0 Å². The molecule has 122 valence electrons. The molecule has 0 bridgehead atoms. The zero-order chi connectivity index (χ0) is 17.0. The van der Waals surface area contributed by atoms with Gasteiger partial charge in [-0.05, 0) is 44.4 Å². The Hall–Kier alpha value is -2.43. The summed E-state index contributed by atoms with van der Waals surface area (Å²) in [4.78, 5) is 20.9. The van der Waals surface area contributed by atoms with Crippen LogP contribution in [0.5, 0.6) is 0 Å². The standard InChI is InChI=1S/C18H24N4O/c1-12(2)13-8-6-7-9-14(13)20-16(23)15-10-11-19-17(21-15)22-18(3,4)5/h6-12H,1-5H3,(H,20,23)(H,19,21,22). The van der Waals surface area contributed by atoms with Gasteiger partial charge in [-0.2, -0.15) is 0 Å². The molecule has 0 saturated heterocycles. The van der Waals surface area contributed by atoms with Crippen LogP contribution in [-0.4, -0.2) is 21.4 Å². The molecule has 0 atom stereocenters. The van der Waals surface area contributed by atoms with Gasteiger partial charge in [0.2, 0.25) is 5.95 Å². The normalized spacial score (nSPS) is 11.4. The second-order valence-corrected chi connectivity index (χ2v) is 6.84. The van der Waals surface area contributed by atoms with Crippen LogP contribution in [0.1, 0.15) is 56.6 Å². The second-order valence-electron chi connectivity index (χ2n) is 6.84. The van der Waals surface area contributed by atoms with E-state index in [-0.39, 0.29) is 11.4 Å². The van der Waals surface area contributed by atoms with Crippen molar-refractivity contribution in [1.82, 2.24) is 9.97 Å². The third kappa shape index (κ3) is 4.77. The minimum Gasteiger partial charge on any atom is -0.350 e. The molecule has 0 aliphatic rings. The third-order valence-electron chi connectivity index (χ3n) is 3.21. The monoisotopic (exact) mass is 312 g/mol. The molecule has 5 heteroatoms. The number of aromatic nitrogens is 2. The van der Waals surface area contributed by atoms with Crippen molar-refractivity contribution in [3.05, 3.63) is 47.8 Å². The number of carbonyl (C=O) groups excluding carboxylic acids is 1. The Morgan fingerprint density at radius 2 is 1.83 bits per heavy atom. The maximum atomic E-state index is 12.5. The van der Waals surface area contributed by atoms with Crippen molar-refractivity contribution in [3.63, 3.8) is 0 Å². The molecule has 0 fully saturated rings. The summed E-state index contributed by atoms with van der Waals surface area (Å²) >= 11 is 0. The summed E-state index contributed by atoms with van der Waals surface area (Å²) in [6, 6.07) is 9.42. The highest BCUT2D eigenvalue weighted by Crippen LogP contribution is 2.24. The average molecular weight is 312 g/mol. The third-order valence-corrected chi connectivity index (χ3v) is 3.21.